The lowest BCUT2D eigenvalue weighted by Gasteiger charge is -2.09. The molecule has 0 aliphatic rings. The minimum Gasteiger partial charge on any atom is -0.493 e. The molecule has 0 aromatic heterocycles. The van der Waals surface area contributed by atoms with Gasteiger partial charge in [0.15, 0.2) is 0 Å². The van der Waals surface area contributed by atoms with E-state index in [2.05, 4.69) is 0 Å². The Balaban J connectivity index is 2.63. The lowest BCUT2D eigenvalue weighted by Crippen LogP contribution is -1.94. The van der Waals surface area contributed by atoms with Crippen LogP contribution in [0.2, 0.25) is 0 Å². The fraction of sp³-hybridized carbons (Fsp3) is 0.231. The number of fused-ring (bicyclic) bond motifs is 1. The zero-order chi connectivity index (χ0) is 10.7. The molecule has 2 nitrogen and oxygen atoms in total. The smallest absolute Gasteiger partial charge is 0.127 e. The van der Waals surface area contributed by atoms with Crippen molar-refractivity contribution in [2.75, 3.05) is 6.61 Å². The normalized spacial score (nSPS) is 10.5. The fourth-order valence-electron chi connectivity index (χ4n) is 1.70. The molecule has 1 N–H and O–H groups in total. The summed E-state index contributed by atoms with van der Waals surface area (Å²) in [5.41, 5.74) is 0.886. The number of ether oxygens (including phenoxy) is 1. The van der Waals surface area contributed by atoms with Crippen LogP contribution in [0.4, 0.5) is 0 Å². The van der Waals surface area contributed by atoms with Gasteiger partial charge < -0.3 is 9.84 Å². The van der Waals surface area contributed by atoms with Gasteiger partial charge in [-0.05, 0) is 30.0 Å². The molecule has 0 aliphatic carbocycles. The first-order valence-corrected chi connectivity index (χ1v) is 5.10. The summed E-state index contributed by atoms with van der Waals surface area (Å²) in [5.74, 6) is 0.847. The first-order chi connectivity index (χ1) is 7.35. The minimum absolute atomic E-state index is 0.0465. The van der Waals surface area contributed by atoms with E-state index in [-0.39, 0.29) is 6.61 Å². The molecule has 0 atom stereocenters. The summed E-state index contributed by atoms with van der Waals surface area (Å²) in [7, 11) is 0. The number of rotatable bonds is 3. The number of hydrogen-bond donors (Lipinski definition) is 1. The van der Waals surface area contributed by atoms with Gasteiger partial charge in [-0.25, -0.2) is 0 Å². The average molecular weight is 202 g/mol. The maximum Gasteiger partial charge on any atom is 0.127 e. The van der Waals surface area contributed by atoms with Crippen molar-refractivity contribution in [1.82, 2.24) is 0 Å². The first kappa shape index (κ1) is 9.99. The van der Waals surface area contributed by atoms with Crippen molar-refractivity contribution < 1.29 is 9.84 Å². The lowest BCUT2D eigenvalue weighted by molar-refractivity contribution is 0.280. The van der Waals surface area contributed by atoms with Crippen molar-refractivity contribution in [3.63, 3.8) is 0 Å². The molecule has 0 unspecified atom stereocenters. The Hall–Kier alpha value is -1.54. The molecule has 78 valence electrons. The summed E-state index contributed by atoms with van der Waals surface area (Å²) < 4.78 is 5.55. The molecule has 0 radical (unpaired) electrons. The Labute approximate surface area is 89.1 Å². The molecule has 0 bridgehead atoms. The van der Waals surface area contributed by atoms with Crippen LogP contribution in [0.25, 0.3) is 10.8 Å². The van der Waals surface area contributed by atoms with Crippen LogP contribution in [0.15, 0.2) is 36.4 Å². The van der Waals surface area contributed by atoms with Crippen LogP contribution in [0.5, 0.6) is 5.75 Å². The summed E-state index contributed by atoms with van der Waals surface area (Å²) in [5, 5.41) is 11.3. The van der Waals surface area contributed by atoms with E-state index >= 15 is 0 Å². The molecule has 0 aliphatic heterocycles. The van der Waals surface area contributed by atoms with Crippen molar-refractivity contribution in [2.24, 2.45) is 0 Å². The third-order valence-corrected chi connectivity index (χ3v) is 2.37. The molecule has 0 heterocycles. The van der Waals surface area contributed by atoms with E-state index in [9.17, 15) is 0 Å². The highest BCUT2D eigenvalue weighted by molar-refractivity contribution is 5.89. The maximum absolute atomic E-state index is 9.13. The Bertz CT molecular complexity index is 463. The molecule has 2 aromatic rings. The van der Waals surface area contributed by atoms with E-state index in [1.165, 1.54) is 0 Å². The van der Waals surface area contributed by atoms with Crippen LogP contribution < -0.4 is 4.74 Å². The summed E-state index contributed by atoms with van der Waals surface area (Å²) in [4.78, 5) is 0. The summed E-state index contributed by atoms with van der Waals surface area (Å²) in [6.07, 6.45) is 0. The third-order valence-electron chi connectivity index (χ3n) is 2.37. The summed E-state index contributed by atoms with van der Waals surface area (Å²) in [6.45, 7) is 2.64. The van der Waals surface area contributed by atoms with Crippen LogP contribution in [-0.4, -0.2) is 11.7 Å². The van der Waals surface area contributed by atoms with Gasteiger partial charge in [-0.15, -0.1) is 0 Å². The zero-order valence-corrected chi connectivity index (χ0v) is 8.73. The summed E-state index contributed by atoms with van der Waals surface area (Å²) in [6, 6.07) is 11.9. The lowest BCUT2D eigenvalue weighted by atomic mass is 10.1. The van der Waals surface area contributed by atoms with E-state index in [0.29, 0.717) is 6.61 Å². The average Bonchev–Trinajstić information content (AvgIpc) is 2.29. The zero-order valence-electron chi connectivity index (χ0n) is 8.73. The Morgan fingerprint density at radius 3 is 2.73 bits per heavy atom. The van der Waals surface area contributed by atoms with E-state index in [1.54, 1.807) is 0 Å². The summed E-state index contributed by atoms with van der Waals surface area (Å²) >= 11 is 0. The van der Waals surface area contributed by atoms with Crippen LogP contribution >= 0.6 is 0 Å². The predicted molar refractivity (Wildman–Crippen MR) is 61.0 cm³/mol. The van der Waals surface area contributed by atoms with Gasteiger partial charge in [0.2, 0.25) is 0 Å². The predicted octanol–water partition coefficient (Wildman–Crippen LogP) is 2.73. The van der Waals surface area contributed by atoms with Gasteiger partial charge in [0.05, 0.1) is 13.2 Å². The Kier molecular flexibility index (Phi) is 2.88. The largest absolute Gasteiger partial charge is 0.493 e. The number of aliphatic hydroxyl groups is 1. The van der Waals surface area contributed by atoms with E-state index < -0.39 is 0 Å². The standard InChI is InChI=1S/C13H14O2/c1-2-15-13-8-10(9-14)7-11-5-3-4-6-12(11)13/h3-8,14H,2,9H2,1H3. The quantitative estimate of drug-likeness (QED) is 0.829. The van der Waals surface area contributed by atoms with E-state index in [4.69, 9.17) is 9.84 Å². The maximum atomic E-state index is 9.13. The van der Waals surface area contributed by atoms with Crippen molar-refractivity contribution >= 4 is 10.8 Å². The SMILES string of the molecule is CCOc1cc(CO)cc2ccccc12. The molecular formula is C13H14O2. The van der Waals surface area contributed by atoms with Crippen LogP contribution in [0.1, 0.15) is 12.5 Å². The number of benzene rings is 2. The molecule has 2 aromatic carbocycles. The van der Waals surface area contributed by atoms with Gasteiger partial charge in [-0.3, -0.25) is 0 Å². The molecule has 2 rings (SSSR count). The van der Waals surface area contributed by atoms with Gasteiger partial charge in [0.1, 0.15) is 5.75 Å². The molecule has 0 fully saturated rings. The van der Waals surface area contributed by atoms with Crippen LogP contribution in [0, 0.1) is 0 Å². The van der Waals surface area contributed by atoms with Gasteiger partial charge in [0.25, 0.3) is 0 Å². The second-order valence-electron chi connectivity index (χ2n) is 3.41. The molecular weight excluding hydrogens is 188 g/mol. The fourth-order valence-corrected chi connectivity index (χ4v) is 1.70. The topological polar surface area (TPSA) is 29.5 Å². The van der Waals surface area contributed by atoms with Crippen LogP contribution in [0.3, 0.4) is 0 Å². The van der Waals surface area contributed by atoms with Crippen LogP contribution in [-0.2, 0) is 6.61 Å². The van der Waals surface area contributed by atoms with Gasteiger partial charge in [-0.1, -0.05) is 24.3 Å². The van der Waals surface area contributed by atoms with Crippen molar-refractivity contribution in [2.45, 2.75) is 13.5 Å². The molecule has 0 amide bonds. The van der Waals surface area contributed by atoms with E-state index in [0.717, 1.165) is 22.1 Å². The highest BCUT2D eigenvalue weighted by atomic mass is 16.5. The Morgan fingerprint density at radius 2 is 2.00 bits per heavy atom. The van der Waals surface area contributed by atoms with Crippen molar-refractivity contribution in [3.8, 4) is 5.75 Å². The first-order valence-electron chi connectivity index (χ1n) is 5.10. The molecule has 0 saturated heterocycles. The Morgan fingerprint density at radius 1 is 1.20 bits per heavy atom. The minimum atomic E-state index is 0.0465. The van der Waals surface area contributed by atoms with Gasteiger partial charge in [0, 0.05) is 5.39 Å². The second kappa shape index (κ2) is 4.32. The van der Waals surface area contributed by atoms with Gasteiger partial charge >= 0.3 is 0 Å². The third kappa shape index (κ3) is 1.95. The molecule has 15 heavy (non-hydrogen) atoms. The monoisotopic (exact) mass is 202 g/mol. The second-order valence-corrected chi connectivity index (χ2v) is 3.41. The molecule has 2 heteroatoms. The molecule has 0 spiro atoms. The van der Waals surface area contributed by atoms with Gasteiger partial charge in [-0.2, -0.15) is 0 Å². The van der Waals surface area contributed by atoms with Crippen molar-refractivity contribution in [3.05, 3.63) is 42.0 Å². The van der Waals surface area contributed by atoms with Crippen molar-refractivity contribution in [1.29, 1.82) is 0 Å². The highest BCUT2D eigenvalue weighted by Crippen LogP contribution is 2.27. The highest BCUT2D eigenvalue weighted by Gasteiger charge is 2.03. The van der Waals surface area contributed by atoms with E-state index in [1.807, 2.05) is 43.3 Å². The number of hydrogen-bond acceptors (Lipinski definition) is 2. The number of aliphatic hydroxyl groups excluding tert-OH is 1. The molecule has 0 saturated carbocycles.